The summed E-state index contributed by atoms with van der Waals surface area (Å²) < 4.78 is 26.4. The van der Waals surface area contributed by atoms with Crippen LogP contribution in [-0.4, -0.2) is 28.1 Å². The van der Waals surface area contributed by atoms with Crippen LogP contribution in [0.25, 0.3) is 11.3 Å². The Morgan fingerprint density at radius 2 is 1.82 bits per heavy atom. The molecule has 144 valence electrons. The normalized spacial score (nSPS) is 11.5. The Balaban J connectivity index is 1.76. The van der Waals surface area contributed by atoms with Crippen LogP contribution in [0.2, 0.25) is 0 Å². The van der Waals surface area contributed by atoms with Crippen molar-refractivity contribution in [3.63, 3.8) is 0 Å². The number of aliphatic imine (C=N–C) groups is 1. The summed E-state index contributed by atoms with van der Waals surface area (Å²) in [6.45, 7) is 3.70. The van der Waals surface area contributed by atoms with Crippen molar-refractivity contribution in [1.82, 2.24) is 15.5 Å². The van der Waals surface area contributed by atoms with Crippen molar-refractivity contribution in [1.29, 1.82) is 0 Å². The molecule has 0 radical (unpaired) electrons. The van der Waals surface area contributed by atoms with E-state index in [1.54, 1.807) is 18.2 Å². The van der Waals surface area contributed by atoms with Crippen molar-refractivity contribution in [2.75, 3.05) is 5.32 Å². The van der Waals surface area contributed by atoms with Crippen LogP contribution >= 0.6 is 0 Å². The average molecular weight is 383 g/mol. The van der Waals surface area contributed by atoms with E-state index in [9.17, 15) is 13.6 Å². The fraction of sp³-hybridized carbons (Fsp3) is 0.150. The number of halogens is 2. The van der Waals surface area contributed by atoms with Crippen molar-refractivity contribution in [3.8, 4) is 11.3 Å². The summed E-state index contributed by atoms with van der Waals surface area (Å²) in [7, 11) is 0. The highest BCUT2D eigenvalue weighted by molar-refractivity contribution is 6.09. The summed E-state index contributed by atoms with van der Waals surface area (Å²) in [4.78, 5) is 16.7. The molecule has 0 aliphatic heterocycles. The molecular weight excluding hydrogens is 364 g/mol. The number of carbonyl (C=O) groups is 1. The predicted octanol–water partition coefficient (Wildman–Crippen LogP) is 3.96. The molecule has 1 aromatic heterocycles. The number of amides is 1. The second kappa shape index (κ2) is 8.43. The summed E-state index contributed by atoms with van der Waals surface area (Å²) >= 11 is 0. The first kappa shape index (κ1) is 19.2. The van der Waals surface area contributed by atoms with E-state index in [2.05, 4.69) is 25.8 Å². The van der Waals surface area contributed by atoms with Gasteiger partial charge in [0.2, 0.25) is 5.96 Å². The van der Waals surface area contributed by atoms with Crippen LogP contribution in [0.15, 0.2) is 59.6 Å². The van der Waals surface area contributed by atoms with Crippen LogP contribution < -0.4 is 10.6 Å². The molecular formula is C20H19F2N5O. The van der Waals surface area contributed by atoms with Gasteiger partial charge in [0, 0.05) is 17.7 Å². The predicted molar refractivity (Wildman–Crippen MR) is 104 cm³/mol. The zero-order valence-electron chi connectivity index (χ0n) is 15.3. The van der Waals surface area contributed by atoms with Gasteiger partial charge in [0.25, 0.3) is 5.91 Å². The lowest BCUT2D eigenvalue weighted by Gasteiger charge is -2.11. The van der Waals surface area contributed by atoms with E-state index in [1.807, 2.05) is 13.8 Å². The molecule has 0 aliphatic rings. The Bertz CT molecular complexity index is 996. The number of aromatic nitrogens is 2. The van der Waals surface area contributed by atoms with Gasteiger partial charge in [-0.05, 0) is 61.9 Å². The van der Waals surface area contributed by atoms with Crippen molar-refractivity contribution in [3.05, 3.63) is 71.8 Å². The Hall–Kier alpha value is -3.55. The van der Waals surface area contributed by atoms with E-state index >= 15 is 0 Å². The molecule has 0 bridgehead atoms. The zero-order chi connectivity index (χ0) is 20.1. The van der Waals surface area contributed by atoms with Crippen molar-refractivity contribution >= 4 is 17.7 Å². The molecule has 0 spiro atoms. The first-order valence-corrected chi connectivity index (χ1v) is 8.64. The maximum Gasteiger partial charge on any atom is 0.258 e. The van der Waals surface area contributed by atoms with Gasteiger partial charge in [-0.2, -0.15) is 5.10 Å². The lowest BCUT2D eigenvalue weighted by molar-refractivity contribution is 0.0976. The summed E-state index contributed by atoms with van der Waals surface area (Å²) in [5, 5.41) is 12.5. The molecule has 1 heterocycles. The van der Waals surface area contributed by atoms with Gasteiger partial charge in [-0.3, -0.25) is 15.2 Å². The highest BCUT2D eigenvalue weighted by atomic mass is 19.1. The van der Waals surface area contributed by atoms with E-state index < -0.39 is 11.7 Å². The SMILES string of the molecule is CC(C)N=C(NC(=O)c1cccc(F)c1)Nc1cc(-c2ccc(F)cc2)[nH]n1. The van der Waals surface area contributed by atoms with E-state index in [0.29, 0.717) is 11.5 Å². The molecule has 3 aromatic rings. The highest BCUT2D eigenvalue weighted by Crippen LogP contribution is 2.20. The third-order valence-electron chi connectivity index (χ3n) is 3.69. The number of anilines is 1. The Morgan fingerprint density at radius 1 is 1.07 bits per heavy atom. The second-order valence-corrected chi connectivity index (χ2v) is 6.33. The third kappa shape index (κ3) is 5.00. The van der Waals surface area contributed by atoms with Crippen LogP contribution in [0.5, 0.6) is 0 Å². The molecule has 0 fully saturated rings. The van der Waals surface area contributed by atoms with Gasteiger partial charge in [-0.25, -0.2) is 13.8 Å². The molecule has 28 heavy (non-hydrogen) atoms. The summed E-state index contributed by atoms with van der Waals surface area (Å²) in [5.41, 5.74) is 1.60. The number of hydrogen-bond donors (Lipinski definition) is 3. The van der Waals surface area contributed by atoms with Crippen molar-refractivity contribution < 1.29 is 13.6 Å². The lowest BCUT2D eigenvalue weighted by atomic mass is 10.1. The second-order valence-electron chi connectivity index (χ2n) is 6.33. The summed E-state index contributed by atoms with van der Waals surface area (Å²) in [6.07, 6.45) is 0. The van der Waals surface area contributed by atoms with Crippen LogP contribution in [0.4, 0.5) is 14.6 Å². The zero-order valence-corrected chi connectivity index (χ0v) is 15.3. The number of guanidine groups is 1. The van der Waals surface area contributed by atoms with E-state index in [0.717, 1.165) is 11.6 Å². The Kier molecular flexibility index (Phi) is 5.78. The minimum Gasteiger partial charge on any atom is -0.309 e. The quantitative estimate of drug-likeness (QED) is 0.471. The Morgan fingerprint density at radius 3 is 2.50 bits per heavy atom. The topological polar surface area (TPSA) is 82.2 Å². The number of H-pyrrole nitrogens is 1. The van der Waals surface area contributed by atoms with Crippen molar-refractivity contribution in [2.24, 2.45) is 4.99 Å². The number of nitrogens with one attached hydrogen (secondary N) is 3. The number of nitrogens with zero attached hydrogens (tertiary/aromatic N) is 2. The monoisotopic (exact) mass is 383 g/mol. The molecule has 3 N–H and O–H groups in total. The smallest absolute Gasteiger partial charge is 0.258 e. The molecule has 1 amide bonds. The molecule has 8 heteroatoms. The fourth-order valence-corrected chi connectivity index (χ4v) is 2.45. The van der Waals surface area contributed by atoms with Gasteiger partial charge in [-0.15, -0.1) is 0 Å². The molecule has 0 saturated carbocycles. The largest absolute Gasteiger partial charge is 0.309 e. The maximum atomic E-state index is 13.3. The van der Waals surface area contributed by atoms with Gasteiger partial charge in [0.1, 0.15) is 11.6 Å². The summed E-state index contributed by atoms with van der Waals surface area (Å²) in [5.74, 6) is -0.729. The molecule has 0 aliphatic carbocycles. The highest BCUT2D eigenvalue weighted by Gasteiger charge is 2.12. The lowest BCUT2D eigenvalue weighted by Crippen LogP contribution is -2.36. The van der Waals surface area contributed by atoms with Crippen LogP contribution in [0, 0.1) is 11.6 Å². The van der Waals surface area contributed by atoms with Gasteiger partial charge in [0.05, 0.1) is 5.69 Å². The minimum absolute atomic E-state index is 0.106. The van der Waals surface area contributed by atoms with Crippen LogP contribution in [0.1, 0.15) is 24.2 Å². The van der Waals surface area contributed by atoms with Crippen molar-refractivity contribution in [2.45, 2.75) is 19.9 Å². The standard InChI is InChI=1S/C20H19F2N5O/c1-12(2)23-20(25-19(28)14-4-3-5-16(22)10-14)24-18-11-17(26-27-18)13-6-8-15(21)9-7-13/h3-12H,1-2H3,(H3,23,24,25,26,27,28). The maximum absolute atomic E-state index is 13.3. The Labute approximate surface area is 160 Å². The first-order chi connectivity index (χ1) is 13.4. The van der Waals surface area contributed by atoms with Gasteiger partial charge < -0.3 is 5.32 Å². The van der Waals surface area contributed by atoms with E-state index in [-0.39, 0.29) is 23.4 Å². The number of hydrogen-bond acceptors (Lipinski definition) is 3. The van der Waals surface area contributed by atoms with Gasteiger partial charge in [-0.1, -0.05) is 6.07 Å². The van der Waals surface area contributed by atoms with E-state index in [4.69, 9.17) is 0 Å². The van der Waals surface area contributed by atoms with Gasteiger partial charge >= 0.3 is 0 Å². The minimum atomic E-state index is -0.501. The third-order valence-corrected chi connectivity index (χ3v) is 3.69. The van der Waals surface area contributed by atoms with Crippen LogP contribution in [0.3, 0.4) is 0 Å². The van der Waals surface area contributed by atoms with Crippen LogP contribution in [-0.2, 0) is 0 Å². The number of benzene rings is 2. The molecule has 0 saturated heterocycles. The molecule has 6 nitrogen and oxygen atoms in total. The number of carbonyl (C=O) groups excluding carboxylic acids is 1. The molecule has 0 unspecified atom stereocenters. The first-order valence-electron chi connectivity index (χ1n) is 8.64. The van der Waals surface area contributed by atoms with Gasteiger partial charge in [0.15, 0.2) is 5.82 Å². The van der Waals surface area contributed by atoms with E-state index in [1.165, 1.54) is 30.3 Å². The average Bonchev–Trinajstić information content (AvgIpc) is 3.10. The number of aromatic amines is 1. The summed E-state index contributed by atoms with van der Waals surface area (Å²) in [6, 6.07) is 12.9. The fourth-order valence-electron chi connectivity index (χ4n) is 2.45. The molecule has 0 atom stereocenters. The molecule has 3 rings (SSSR count). The molecule has 2 aromatic carbocycles. The number of rotatable bonds is 4.